The summed E-state index contributed by atoms with van der Waals surface area (Å²) in [6.45, 7) is 0.881. The SMILES string of the molecule is COc1ccc([C@@H](C(=O)NC[C@@H]2CCCO2)N(C(=O)c2snc(C(N)=O)c2N)c2ccc3c(c2)OCO3)cc1OC. The van der Waals surface area contributed by atoms with Crippen molar-refractivity contribution in [1.29, 1.82) is 0 Å². The van der Waals surface area contributed by atoms with Crippen LogP contribution in [0.1, 0.15) is 44.6 Å². The van der Waals surface area contributed by atoms with Crippen molar-refractivity contribution in [2.45, 2.75) is 25.0 Å². The van der Waals surface area contributed by atoms with Crippen LogP contribution in [0.4, 0.5) is 11.4 Å². The smallest absolute Gasteiger partial charge is 0.273 e. The number of aromatic nitrogens is 1. The normalized spacial score (nSPS) is 16.2. The standard InChI is InChI=1S/C27H29N5O8S/c1-36-17-7-5-14(10-19(17)37-2)23(26(34)30-12-16-4-3-9-38-16)32(15-6-8-18-20(11-15)40-13-39-18)27(35)24-21(28)22(25(29)33)31-41-24/h5-8,10-11,16,23H,3-4,9,12-13,28H2,1-2H3,(H2,29,33)(H,30,34)/t16-,23-/m0/s1. The van der Waals surface area contributed by atoms with Crippen molar-refractivity contribution in [1.82, 2.24) is 9.69 Å². The number of carbonyl (C=O) groups excluding carboxylic acids is 3. The van der Waals surface area contributed by atoms with Crippen molar-refractivity contribution in [2.75, 3.05) is 44.8 Å². The van der Waals surface area contributed by atoms with Crippen LogP contribution in [0.15, 0.2) is 36.4 Å². The van der Waals surface area contributed by atoms with Gasteiger partial charge in [0.25, 0.3) is 11.8 Å². The number of nitrogens with zero attached hydrogens (tertiary/aromatic N) is 2. The monoisotopic (exact) mass is 583 g/mol. The predicted molar refractivity (Wildman–Crippen MR) is 149 cm³/mol. The van der Waals surface area contributed by atoms with E-state index in [4.69, 9.17) is 35.2 Å². The van der Waals surface area contributed by atoms with E-state index < -0.39 is 23.8 Å². The van der Waals surface area contributed by atoms with Crippen LogP contribution in [0.3, 0.4) is 0 Å². The Labute approximate surface area is 239 Å². The second-order valence-corrected chi connectivity index (χ2v) is 10.0. The maximum atomic E-state index is 14.3. The number of carbonyl (C=O) groups is 3. The number of anilines is 2. The molecule has 0 saturated carbocycles. The van der Waals surface area contributed by atoms with Crippen LogP contribution < -0.4 is 40.6 Å². The molecule has 1 saturated heterocycles. The summed E-state index contributed by atoms with van der Waals surface area (Å²) in [4.78, 5) is 41.4. The summed E-state index contributed by atoms with van der Waals surface area (Å²) in [5.74, 6) is -0.378. The summed E-state index contributed by atoms with van der Waals surface area (Å²) >= 11 is 0.713. The van der Waals surface area contributed by atoms with Gasteiger partial charge in [-0.2, -0.15) is 4.37 Å². The molecule has 0 aliphatic carbocycles. The third-order valence-corrected chi connectivity index (χ3v) is 7.62. The molecule has 2 aliphatic rings. The number of methoxy groups -OCH3 is 2. The van der Waals surface area contributed by atoms with E-state index in [1.165, 1.54) is 19.1 Å². The van der Waals surface area contributed by atoms with Crippen LogP contribution >= 0.6 is 11.5 Å². The first kappa shape index (κ1) is 28.0. The molecule has 3 heterocycles. The molecule has 14 heteroatoms. The highest BCUT2D eigenvalue weighted by Crippen LogP contribution is 2.41. The van der Waals surface area contributed by atoms with Gasteiger partial charge in [0, 0.05) is 24.9 Å². The summed E-state index contributed by atoms with van der Waals surface area (Å²) < 4.78 is 31.5. The van der Waals surface area contributed by atoms with Crippen molar-refractivity contribution in [3.05, 3.63) is 52.5 Å². The highest BCUT2D eigenvalue weighted by Gasteiger charge is 2.37. The molecular formula is C27H29N5O8S. The molecule has 3 aromatic rings. The predicted octanol–water partition coefficient (Wildman–Crippen LogP) is 2.25. The number of rotatable bonds is 10. The van der Waals surface area contributed by atoms with Crippen molar-refractivity contribution < 1.29 is 38.1 Å². The van der Waals surface area contributed by atoms with Crippen molar-refractivity contribution in [2.24, 2.45) is 5.73 Å². The first-order chi connectivity index (χ1) is 19.8. The van der Waals surface area contributed by atoms with Gasteiger partial charge in [-0.25, -0.2) is 0 Å². The van der Waals surface area contributed by atoms with Crippen LogP contribution in [-0.2, 0) is 9.53 Å². The molecule has 3 amide bonds. The van der Waals surface area contributed by atoms with Crippen molar-refractivity contribution in [3.8, 4) is 23.0 Å². The van der Waals surface area contributed by atoms with Gasteiger partial charge in [0.1, 0.15) is 10.9 Å². The Morgan fingerprint density at radius 1 is 1.12 bits per heavy atom. The molecule has 2 aromatic carbocycles. The van der Waals surface area contributed by atoms with Crippen LogP contribution in [0.5, 0.6) is 23.0 Å². The van der Waals surface area contributed by atoms with Crippen LogP contribution in [0, 0.1) is 0 Å². The number of ether oxygens (including phenoxy) is 5. The van der Waals surface area contributed by atoms with Gasteiger partial charge in [-0.05, 0) is 54.2 Å². The first-order valence-electron chi connectivity index (χ1n) is 12.7. The minimum atomic E-state index is -1.23. The van der Waals surface area contributed by atoms with E-state index in [0.29, 0.717) is 52.4 Å². The largest absolute Gasteiger partial charge is 0.493 e. The minimum Gasteiger partial charge on any atom is -0.493 e. The summed E-state index contributed by atoms with van der Waals surface area (Å²) in [7, 11) is 2.97. The third kappa shape index (κ3) is 5.56. The maximum Gasteiger partial charge on any atom is 0.273 e. The van der Waals surface area contributed by atoms with Gasteiger partial charge in [0.05, 0.1) is 26.0 Å². The highest BCUT2D eigenvalue weighted by molar-refractivity contribution is 7.09. The van der Waals surface area contributed by atoms with E-state index in [-0.39, 0.29) is 35.7 Å². The minimum absolute atomic E-state index is 0.0114. The molecular weight excluding hydrogens is 554 g/mol. The second-order valence-electron chi connectivity index (χ2n) is 9.25. The van der Waals surface area contributed by atoms with Gasteiger partial charge in [0.2, 0.25) is 12.7 Å². The zero-order valence-electron chi connectivity index (χ0n) is 22.4. The molecule has 0 spiro atoms. The average molecular weight is 584 g/mol. The lowest BCUT2D eigenvalue weighted by atomic mass is 10.0. The topological polar surface area (TPSA) is 178 Å². The summed E-state index contributed by atoms with van der Waals surface area (Å²) in [6, 6.07) is 8.54. The van der Waals surface area contributed by atoms with Crippen LogP contribution in [0.25, 0.3) is 0 Å². The van der Waals surface area contributed by atoms with E-state index in [1.54, 1.807) is 36.4 Å². The van der Waals surface area contributed by atoms with E-state index in [9.17, 15) is 14.4 Å². The highest BCUT2D eigenvalue weighted by atomic mass is 32.1. The van der Waals surface area contributed by atoms with Gasteiger partial charge < -0.3 is 40.5 Å². The van der Waals surface area contributed by atoms with Gasteiger partial charge >= 0.3 is 0 Å². The van der Waals surface area contributed by atoms with Crippen molar-refractivity contribution in [3.63, 3.8) is 0 Å². The quantitative estimate of drug-likeness (QED) is 0.321. The fourth-order valence-electron chi connectivity index (χ4n) is 4.71. The first-order valence-corrected chi connectivity index (χ1v) is 13.5. The third-order valence-electron chi connectivity index (χ3n) is 6.77. The number of nitrogen functional groups attached to an aromatic ring is 1. The Bertz CT molecular complexity index is 1470. The number of fused-ring (bicyclic) bond motifs is 1. The van der Waals surface area contributed by atoms with E-state index in [0.717, 1.165) is 12.8 Å². The number of benzene rings is 2. The zero-order valence-corrected chi connectivity index (χ0v) is 23.2. The Kier molecular flexibility index (Phi) is 8.12. The summed E-state index contributed by atoms with van der Waals surface area (Å²) in [5.41, 5.74) is 11.9. The van der Waals surface area contributed by atoms with Crippen LogP contribution in [-0.4, -0.2) is 62.4 Å². The molecule has 0 bridgehead atoms. The molecule has 1 aromatic heterocycles. The molecule has 5 N–H and O–H groups in total. The number of amides is 3. The Hall–Kier alpha value is -4.56. The van der Waals surface area contributed by atoms with Gasteiger partial charge in [0.15, 0.2) is 28.7 Å². The summed E-state index contributed by atoms with van der Waals surface area (Å²) in [5, 5.41) is 2.93. The molecule has 2 aliphatic heterocycles. The number of nitrogens with two attached hydrogens (primary N) is 2. The number of hydrogen-bond acceptors (Lipinski definition) is 11. The lowest BCUT2D eigenvalue weighted by molar-refractivity contribution is -0.123. The van der Waals surface area contributed by atoms with E-state index in [2.05, 4.69) is 9.69 Å². The Morgan fingerprint density at radius 2 is 1.90 bits per heavy atom. The molecule has 5 rings (SSSR count). The molecule has 1 fully saturated rings. The Balaban J connectivity index is 1.64. The molecule has 0 unspecified atom stereocenters. The van der Waals surface area contributed by atoms with Crippen LogP contribution in [0.2, 0.25) is 0 Å². The fourth-order valence-corrected chi connectivity index (χ4v) is 5.46. The Morgan fingerprint density at radius 3 is 2.59 bits per heavy atom. The van der Waals surface area contributed by atoms with Crippen molar-refractivity contribution >= 4 is 40.6 Å². The number of primary amides is 1. The lowest BCUT2D eigenvalue weighted by Crippen LogP contribution is -2.45. The fraction of sp³-hybridized carbons (Fsp3) is 0.333. The lowest BCUT2D eigenvalue weighted by Gasteiger charge is -2.32. The molecule has 0 radical (unpaired) electrons. The van der Waals surface area contributed by atoms with E-state index >= 15 is 0 Å². The maximum absolute atomic E-state index is 14.3. The van der Waals surface area contributed by atoms with Gasteiger partial charge in [-0.1, -0.05) is 6.07 Å². The summed E-state index contributed by atoms with van der Waals surface area (Å²) in [6.07, 6.45) is 1.56. The number of hydrogen-bond donors (Lipinski definition) is 3. The molecule has 41 heavy (non-hydrogen) atoms. The number of nitrogens with one attached hydrogen (secondary N) is 1. The zero-order chi connectivity index (χ0) is 29.1. The second kappa shape index (κ2) is 11.9. The van der Waals surface area contributed by atoms with E-state index in [1.807, 2.05) is 0 Å². The molecule has 13 nitrogen and oxygen atoms in total. The van der Waals surface area contributed by atoms with Gasteiger partial charge in [-0.3, -0.25) is 19.3 Å². The molecule has 216 valence electrons. The average Bonchev–Trinajstić information content (AvgIpc) is 3.74. The van der Waals surface area contributed by atoms with Gasteiger partial charge in [-0.15, -0.1) is 0 Å². The molecule has 2 atom stereocenters.